The van der Waals surface area contributed by atoms with Crippen LogP contribution in [0.5, 0.6) is 0 Å². The summed E-state index contributed by atoms with van der Waals surface area (Å²) < 4.78 is 32.0. The maximum Gasteiger partial charge on any atom is 0.321 e. The van der Waals surface area contributed by atoms with Crippen molar-refractivity contribution < 1.29 is 27.5 Å². The third kappa shape index (κ3) is 8.58. The summed E-state index contributed by atoms with van der Waals surface area (Å²) >= 11 is 0. The van der Waals surface area contributed by atoms with E-state index in [2.05, 4.69) is 10.6 Å². The number of hydrogen-bond donors (Lipinski definition) is 2. The largest absolute Gasteiger partial charge is 0.456 e. The predicted octanol–water partition coefficient (Wildman–Crippen LogP) is 2.35. The van der Waals surface area contributed by atoms with Crippen LogP contribution in [0, 0.1) is 0 Å². The number of imide groups is 1. The molecule has 1 aliphatic heterocycles. The van der Waals surface area contributed by atoms with Crippen LogP contribution < -0.4 is 10.6 Å². The van der Waals surface area contributed by atoms with E-state index in [1.807, 2.05) is 0 Å². The van der Waals surface area contributed by atoms with Gasteiger partial charge in [0.2, 0.25) is 10.0 Å². The van der Waals surface area contributed by atoms with Crippen molar-refractivity contribution >= 4 is 27.9 Å². The highest BCUT2D eigenvalue weighted by atomic mass is 32.2. The first-order chi connectivity index (χ1) is 15.0. The van der Waals surface area contributed by atoms with E-state index in [0.717, 1.165) is 31.2 Å². The Morgan fingerprint density at radius 3 is 2.16 bits per heavy atom. The Labute approximate surface area is 189 Å². The fourth-order valence-corrected chi connectivity index (χ4v) is 4.78. The zero-order chi connectivity index (χ0) is 23.8. The molecular formula is C22H33N3O6S. The molecule has 32 heavy (non-hydrogen) atoms. The van der Waals surface area contributed by atoms with Crippen LogP contribution in [-0.2, 0) is 30.8 Å². The summed E-state index contributed by atoms with van der Waals surface area (Å²) in [7, 11) is -3.51. The van der Waals surface area contributed by atoms with E-state index < -0.39 is 40.1 Å². The summed E-state index contributed by atoms with van der Waals surface area (Å²) in [5, 5.41) is 4.66. The molecule has 0 radical (unpaired) electrons. The second-order valence-electron chi connectivity index (χ2n) is 8.88. The Bertz CT molecular complexity index is 899. The fraction of sp³-hybridized carbons (Fsp3) is 0.591. The van der Waals surface area contributed by atoms with Gasteiger partial charge in [-0.05, 0) is 57.7 Å². The monoisotopic (exact) mass is 467 g/mol. The Kier molecular flexibility index (Phi) is 9.21. The highest BCUT2D eigenvalue weighted by Crippen LogP contribution is 2.21. The third-order valence-electron chi connectivity index (χ3n) is 4.85. The topological polar surface area (TPSA) is 122 Å². The average Bonchev–Trinajstić information content (AvgIpc) is 2.99. The second kappa shape index (κ2) is 11.4. The van der Waals surface area contributed by atoms with E-state index >= 15 is 0 Å². The number of amides is 3. The van der Waals surface area contributed by atoms with Crippen molar-refractivity contribution in [2.45, 2.75) is 69.7 Å². The Morgan fingerprint density at radius 1 is 1.00 bits per heavy atom. The van der Waals surface area contributed by atoms with E-state index in [1.54, 1.807) is 49.3 Å². The number of carbonyl (C=O) groups is 3. The van der Waals surface area contributed by atoms with Gasteiger partial charge in [0, 0.05) is 25.0 Å². The molecule has 0 saturated carbocycles. The van der Waals surface area contributed by atoms with Crippen LogP contribution in [-0.4, -0.2) is 55.9 Å². The molecule has 9 nitrogen and oxygen atoms in total. The van der Waals surface area contributed by atoms with Gasteiger partial charge in [-0.3, -0.25) is 14.9 Å². The van der Waals surface area contributed by atoms with Gasteiger partial charge >= 0.3 is 12.0 Å². The maximum atomic E-state index is 12.8. The summed E-state index contributed by atoms with van der Waals surface area (Å²) in [6.45, 7) is 5.85. The van der Waals surface area contributed by atoms with Crippen LogP contribution in [0.4, 0.5) is 4.79 Å². The predicted molar refractivity (Wildman–Crippen MR) is 119 cm³/mol. The lowest BCUT2D eigenvalue weighted by Gasteiger charge is -2.20. The van der Waals surface area contributed by atoms with Crippen LogP contribution in [0.1, 0.15) is 58.4 Å². The molecule has 3 amide bonds. The number of carbonyl (C=O) groups excluding carboxylic acids is 3. The molecule has 1 heterocycles. The van der Waals surface area contributed by atoms with Gasteiger partial charge in [0.25, 0.3) is 5.91 Å². The third-order valence-corrected chi connectivity index (χ3v) is 6.76. The van der Waals surface area contributed by atoms with Crippen molar-refractivity contribution in [1.29, 1.82) is 0 Å². The van der Waals surface area contributed by atoms with E-state index in [-0.39, 0.29) is 11.3 Å². The van der Waals surface area contributed by atoms with Gasteiger partial charge in [0.1, 0.15) is 0 Å². The lowest BCUT2D eigenvalue weighted by molar-refractivity contribution is -0.148. The smallest absolute Gasteiger partial charge is 0.321 e. The van der Waals surface area contributed by atoms with Crippen molar-refractivity contribution in [1.82, 2.24) is 14.9 Å². The standard InChI is InChI=1S/C22H33N3O6S/c1-22(2,3)24-21(28)23-19(26)16-31-20(27)13-10-17-8-11-18(12-9-17)32(29,30)25-14-6-4-5-7-15-25/h8-9,11-12H,4-7,10,13-16H2,1-3H3,(H2,23,24,26,28). The van der Waals surface area contributed by atoms with Crippen LogP contribution in [0.3, 0.4) is 0 Å². The number of nitrogens with zero attached hydrogens (tertiary/aromatic N) is 1. The molecular weight excluding hydrogens is 434 g/mol. The molecule has 0 aromatic heterocycles. The molecule has 178 valence electrons. The van der Waals surface area contributed by atoms with E-state index in [0.29, 0.717) is 19.5 Å². The van der Waals surface area contributed by atoms with Crippen LogP contribution in [0.2, 0.25) is 0 Å². The zero-order valence-electron chi connectivity index (χ0n) is 19.0. The Morgan fingerprint density at radius 2 is 1.59 bits per heavy atom. The summed E-state index contributed by atoms with van der Waals surface area (Å²) in [6.07, 6.45) is 4.21. The normalized spacial score (nSPS) is 15.5. The van der Waals surface area contributed by atoms with Gasteiger partial charge in [-0.25, -0.2) is 13.2 Å². The van der Waals surface area contributed by atoms with Crippen LogP contribution in [0.15, 0.2) is 29.2 Å². The van der Waals surface area contributed by atoms with Gasteiger partial charge in [0.15, 0.2) is 6.61 Å². The first-order valence-electron chi connectivity index (χ1n) is 10.8. The molecule has 0 atom stereocenters. The van der Waals surface area contributed by atoms with E-state index in [4.69, 9.17) is 4.74 Å². The molecule has 1 aromatic carbocycles. The van der Waals surface area contributed by atoms with Crippen molar-refractivity contribution in [2.24, 2.45) is 0 Å². The minimum atomic E-state index is -3.51. The molecule has 0 unspecified atom stereocenters. The number of rotatable bonds is 7. The molecule has 0 bridgehead atoms. The van der Waals surface area contributed by atoms with Crippen molar-refractivity contribution in [3.63, 3.8) is 0 Å². The number of aryl methyl sites for hydroxylation is 1. The number of sulfonamides is 1. The van der Waals surface area contributed by atoms with Crippen LogP contribution >= 0.6 is 0 Å². The summed E-state index contributed by atoms with van der Waals surface area (Å²) in [5.74, 6) is -1.30. The maximum absolute atomic E-state index is 12.8. The van der Waals surface area contributed by atoms with Gasteiger partial charge in [-0.2, -0.15) is 4.31 Å². The average molecular weight is 468 g/mol. The number of ether oxygens (including phenoxy) is 1. The highest BCUT2D eigenvalue weighted by Gasteiger charge is 2.25. The highest BCUT2D eigenvalue weighted by molar-refractivity contribution is 7.89. The fourth-order valence-electron chi connectivity index (χ4n) is 3.26. The summed E-state index contributed by atoms with van der Waals surface area (Å²) in [4.78, 5) is 35.4. The van der Waals surface area contributed by atoms with Gasteiger partial charge in [-0.15, -0.1) is 0 Å². The van der Waals surface area contributed by atoms with Crippen molar-refractivity contribution in [2.75, 3.05) is 19.7 Å². The van der Waals surface area contributed by atoms with Gasteiger partial charge in [-0.1, -0.05) is 25.0 Å². The molecule has 1 saturated heterocycles. The Hall–Kier alpha value is -2.46. The number of urea groups is 1. The molecule has 10 heteroatoms. The molecule has 1 aliphatic rings. The zero-order valence-corrected chi connectivity index (χ0v) is 19.8. The molecule has 0 aliphatic carbocycles. The number of nitrogens with one attached hydrogen (secondary N) is 2. The van der Waals surface area contributed by atoms with Gasteiger partial charge in [0.05, 0.1) is 4.90 Å². The van der Waals surface area contributed by atoms with Gasteiger partial charge < -0.3 is 10.1 Å². The number of hydrogen-bond acceptors (Lipinski definition) is 6. The quantitative estimate of drug-likeness (QED) is 0.594. The first kappa shape index (κ1) is 25.8. The number of esters is 1. The first-order valence-corrected chi connectivity index (χ1v) is 12.3. The lowest BCUT2D eigenvalue weighted by atomic mass is 10.1. The Balaban J connectivity index is 1.78. The molecule has 1 aromatic rings. The number of benzene rings is 1. The second-order valence-corrected chi connectivity index (χ2v) is 10.8. The molecule has 2 N–H and O–H groups in total. The van der Waals surface area contributed by atoms with E-state index in [9.17, 15) is 22.8 Å². The molecule has 0 spiro atoms. The minimum Gasteiger partial charge on any atom is -0.456 e. The summed E-state index contributed by atoms with van der Waals surface area (Å²) in [6, 6.07) is 5.82. The van der Waals surface area contributed by atoms with E-state index in [1.165, 1.54) is 0 Å². The van der Waals surface area contributed by atoms with Crippen LogP contribution in [0.25, 0.3) is 0 Å². The van der Waals surface area contributed by atoms with Crippen molar-refractivity contribution in [3.05, 3.63) is 29.8 Å². The SMILES string of the molecule is CC(C)(C)NC(=O)NC(=O)COC(=O)CCc1ccc(S(=O)(=O)N2CCCCCC2)cc1. The minimum absolute atomic E-state index is 0.0275. The molecule has 1 fully saturated rings. The lowest BCUT2D eigenvalue weighted by Crippen LogP contribution is -2.49. The van der Waals surface area contributed by atoms with Crippen molar-refractivity contribution in [3.8, 4) is 0 Å². The molecule has 2 rings (SSSR count). The summed E-state index contributed by atoms with van der Waals surface area (Å²) in [5.41, 5.74) is 0.286.